The number of furan rings is 2. The molecule has 0 aliphatic rings. The molecule has 0 atom stereocenters. The molecule has 0 aliphatic heterocycles. The molecule has 10 aromatic carbocycles. The maximum atomic E-state index is 6.60. The Bertz CT molecular complexity index is 3270. The Kier molecular flexibility index (Phi) is 7.20. The van der Waals surface area contributed by atoms with Gasteiger partial charge in [-0.25, -0.2) is 0 Å². The van der Waals surface area contributed by atoms with Gasteiger partial charge in [-0.05, 0) is 105 Å². The van der Waals surface area contributed by atoms with Crippen molar-refractivity contribution in [1.29, 1.82) is 0 Å². The van der Waals surface area contributed by atoms with Gasteiger partial charge in [0.1, 0.15) is 11.2 Å². The molecule has 0 unspecified atom stereocenters. The lowest BCUT2D eigenvalue weighted by Crippen LogP contribution is -2.10. The first-order chi connectivity index (χ1) is 28.8. The van der Waals surface area contributed by atoms with Gasteiger partial charge in [0.2, 0.25) is 0 Å². The summed E-state index contributed by atoms with van der Waals surface area (Å²) in [5, 5.41) is 11.6. The van der Waals surface area contributed by atoms with Crippen molar-refractivity contribution >= 4 is 110 Å². The van der Waals surface area contributed by atoms with E-state index in [0.29, 0.717) is 0 Å². The van der Waals surface area contributed by atoms with Gasteiger partial charge < -0.3 is 18.6 Å². The number of para-hydroxylation sites is 6. The van der Waals surface area contributed by atoms with E-state index in [1.165, 1.54) is 32.3 Å². The highest BCUT2D eigenvalue weighted by atomic mass is 16.3. The Labute approximate surface area is 334 Å². The molecular weight excluding hydrogens is 709 g/mol. The molecule has 0 N–H and O–H groups in total. The highest BCUT2D eigenvalue weighted by Gasteiger charge is 2.22. The molecule has 272 valence electrons. The lowest BCUT2D eigenvalue weighted by atomic mass is 9.93. The molecule has 0 fully saturated rings. The normalized spacial score (nSPS) is 11.8. The van der Waals surface area contributed by atoms with Gasteiger partial charge in [-0.2, -0.15) is 0 Å². The summed E-state index contributed by atoms with van der Waals surface area (Å²) < 4.78 is 13.2. The highest BCUT2D eigenvalue weighted by molar-refractivity contribution is 6.26. The van der Waals surface area contributed by atoms with Crippen LogP contribution in [0.4, 0.5) is 34.1 Å². The van der Waals surface area contributed by atoms with Crippen LogP contribution in [-0.2, 0) is 0 Å². The van der Waals surface area contributed by atoms with E-state index < -0.39 is 0 Å². The van der Waals surface area contributed by atoms with Crippen molar-refractivity contribution in [2.24, 2.45) is 0 Å². The van der Waals surface area contributed by atoms with E-state index in [0.717, 1.165) is 78.0 Å². The van der Waals surface area contributed by atoms with Crippen LogP contribution in [0.2, 0.25) is 0 Å². The molecule has 58 heavy (non-hydrogen) atoms. The molecule has 0 bridgehead atoms. The second-order valence-electron chi connectivity index (χ2n) is 14.9. The molecule has 12 rings (SSSR count). The molecule has 2 heterocycles. The van der Waals surface area contributed by atoms with Gasteiger partial charge >= 0.3 is 0 Å². The van der Waals surface area contributed by atoms with Crippen molar-refractivity contribution in [2.75, 3.05) is 9.80 Å². The third kappa shape index (κ3) is 4.95. The second kappa shape index (κ2) is 12.9. The van der Waals surface area contributed by atoms with Crippen LogP contribution < -0.4 is 9.80 Å². The van der Waals surface area contributed by atoms with Crippen LogP contribution in [0.25, 0.3) is 76.2 Å². The summed E-state index contributed by atoms with van der Waals surface area (Å²) >= 11 is 0. The van der Waals surface area contributed by atoms with Crippen LogP contribution in [0.15, 0.2) is 215 Å². The Morgan fingerprint density at radius 3 is 1.05 bits per heavy atom. The Morgan fingerprint density at radius 2 is 0.603 bits per heavy atom. The Morgan fingerprint density at radius 1 is 0.241 bits per heavy atom. The van der Waals surface area contributed by atoms with Crippen molar-refractivity contribution in [3.05, 3.63) is 206 Å². The van der Waals surface area contributed by atoms with Crippen LogP contribution in [0.5, 0.6) is 0 Å². The zero-order valence-electron chi connectivity index (χ0n) is 31.3. The lowest BCUT2D eigenvalue weighted by Gasteiger charge is -2.27. The van der Waals surface area contributed by atoms with Crippen molar-refractivity contribution in [3.8, 4) is 0 Å². The maximum absolute atomic E-state index is 6.60. The van der Waals surface area contributed by atoms with E-state index >= 15 is 0 Å². The predicted molar refractivity (Wildman–Crippen MR) is 243 cm³/mol. The topological polar surface area (TPSA) is 32.8 Å². The molecule has 0 saturated carbocycles. The number of fused-ring (bicyclic) bond motifs is 12. The van der Waals surface area contributed by atoms with E-state index in [9.17, 15) is 0 Å². The van der Waals surface area contributed by atoms with Crippen molar-refractivity contribution < 1.29 is 8.83 Å². The van der Waals surface area contributed by atoms with Crippen molar-refractivity contribution in [1.82, 2.24) is 0 Å². The Balaban J connectivity index is 1.08. The first kappa shape index (κ1) is 32.4. The number of rotatable bonds is 6. The second-order valence-corrected chi connectivity index (χ2v) is 14.9. The SMILES string of the molecule is c1ccc(N(c2ccc3c4ccc(N(c5ccccc5)c5cccc6c5oc5ccccc56)cc4c4ccccc4c3c2)c2cccc3c2oc2ccccc23)cc1. The van der Waals surface area contributed by atoms with Crippen LogP contribution in [-0.4, -0.2) is 0 Å². The molecule has 0 saturated heterocycles. The fraction of sp³-hybridized carbons (Fsp3) is 0. The molecule has 0 amide bonds. The standard InChI is InChI=1S/C54H34N2O2/c1-3-15-35(16-4-1)55(49-25-13-23-45-43-21-9-11-27-51(43)57-53(45)49)37-29-31-41-42-32-30-38(34-48(42)40-20-8-7-19-39(40)47(41)33-37)56(36-17-5-2-6-18-36)50-26-14-24-46-44-22-10-12-28-52(44)58-54(46)50/h1-34H. The quantitative estimate of drug-likeness (QED) is 0.159. The van der Waals surface area contributed by atoms with Gasteiger partial charge in [0, 0.05) is 44.3 Å². The van der Waals surface area contributed by atoms with E-state index in [1.807, 2.05) is 24.3 Å². The predicted octanol–water partition coefficient (Wildman–Crippen LogP) is 15.9. The van der Waals surface area contributed by atoms with Crippen LogP contribution in [0.3, 0.4) is 0 Å². The van der Waals surface area contributed by atoms with Crippen molar-refractivity contribution in [2.45, 2.75) is 0 Å². The van der Waals surface area contributed by atoms with Gasteiger partial charge in [0.05, 0.1) is 11.4 Å². The number of anilines is 6. The van der Waals surface area contributed by atoms with Gasteiger partial charge in [0.25, 0.3) is 0 Å². The van der Waals surface area contributed by atoms with Gasteiger partial charge in [-0.1, -0.05) is 133 Å². The zero-order chi connectivity index (χ0) is 38.2. The summed E-state index contributed by atoms with van der Waals surface area (Å²) in [5.74, 6) is 0. The third-order valence-electron chi connectivity index (χ3n) is 11.6. The highest BCUT2D eigenvalue weighted by Crippen LogP contribution is 2.47. The average Bonchev–Trinajstić information content (AvgIpc) is 3.87. The van der Waals surface area contributed by atoms with Gasteiger partial charge in [-0.15, -0.1) is 0 Å². The molecule has 0 radical (unpaired) electrons. The van der Waals surface area contributed by atoms with Gasteiger partial charge in [-0.3, -0.25) is 0 Å². The lowest BCUT2D eigenvalue weighted by molar-refractivity contribution is 0.668. The summed E-state index contributed by atoms with van der Waals surface area (Å²) in [7, 11) is 0. The van der Waals surface area contributed by atoms with Gasteiger partial charge in [0.15, 0.2) is 11.2 Å². The van der Waals surface area contributed by atoms with Crippen LogP contribution in [0.1, 0.15) is 0 Å². The fourth-order valence-corrected chi connectivity index (χ4v) is 9.04. The van der Waals surface area contributed by atoms with E-state index in [2.05, 4.69) is 192 Å². The summed E-state index contributed by atoms with van der Waals surface area (Å²) in [6.45, 7) is 0. The summed E-state index contributed by atoms with van der Waals surface area (Å²) in [6, 6.07) is 73.2. The van der Waals surface area contributed by atoms with Crippen LogP contribution in [0, 0.1) is 0 Å². The number of nitrogens with zero attached hydrogens (tertiary/aromatic N) is 2. The monoisotopic (exact) mass is 742 g/mol. The average molecular weight is 743 g/mol. The van der Waals surface area contributed by atoms with E-state index in [-0.39, 0.29) is 0 Å². The van der Waals surface area contributed by atoms with Crippen molar-refractivity contribution in [3.63, 3.8) is 0 Å². The smallest absolute Gasteiger partial charge is 0.159 e. The molecule has 4 heteroatoms. The molecular formula is C54H34N2O2. The first-order valence-corrected chi connectivity index (χ1v) is 19.7. The molecule has 2 aromatic heterocycles. The van der Waals surface area contributed by atoms with E-state index in [4.69, 9.17) is 8.83 Å². The minimum atomic E-state index is 0.866. The number of hydrogen-bond donors (Lipinski definition) is 0. The number of hydrogen-bond acceptors (Lipinski definition) is 4. The molecule has 0 spiro atoms. The third-order valence-corrected chi connectivity index (χ3v) is 11.6. The van der Waals surface area contributed by atoms with Crippen LogP contribution >= 0.6 is 0 Å². The first-order valence-electron chi connectivity index (χ1n) is 19.7. The molecule has 0 aliphatic carbocycles. The zero-order valence-corrected chi connectivity index (χ0v) is 31.3. The maximum Gasteiger partial charge on any atom is 0.159 e. The summed E-state index contributed by atoms with van der Waals surface area (Å²) in [5.41, 5.74) is 9.72. The summed E-state index contributed by atoms with van der Waals surface area (Å²) in [4.78, 5) is 4.64. The minimum Gasteiger partial charge on any atom is -0.454 e. The molecule has 4 nitrogen and oxygen atoms in total. The number of benzene rings is 10. The molecule has 12 aromatic rings. The summed E-state index contributed by atoms with van der Waals surface area (Å²) in [6.07, 6.45) is 0. The fourth-order valence-electron chi connectivity index (χ4n) is 9.04. The largest absolute Gasteiger partial charge is 0.454 e. The Hall–Kier alpha value is -7.82. The minimum absolute atomic E-state index is 0.866. The van der Waals surface area contributed by atoms with E-state index in [1.54, 1.807) is 0 Å².